The third kappa shape index (κ3) is 4.89. The second-order valence-electron chi connectivity index (χ2n) is 4.67. The number of anilines is 1. The zero-order chi connectivity index (χ0) is 15.1. The van der Waals surface area contributed by atoms with Crippen LogP contribution >= 0.6 is 34.8 Å². The first kappa shape index (κ1) is 16.6. The van der Waals surface area contributed by atoms with Gasteiger partial charge in [0, 0.05) is 60.2 Å². The lowest BCUT2D eigenvalue weighted by molar-refractivity contribution is 0.319. The van der Waals surface area contributed by atoms with E-state index in [2.05, 4.69) is 15.2 Å². The molecule has 0 saturated heterocycles. The molecule has 0 amide bonds. The minimum atomic E-state index is 0.619. The highest BCUT2D eigenvalue weighted by molar-refractivity contribution is 6.31. The highest BCUT2D eigenvalue weighted by Crippen LogP contribution is 2.24. The second kappa shape index (κ2) is 8.64. The summed E-state index contributed by atoms with van der Waals surface area (Å²) >= 11 is 17.6. The number of fused-ring (bicyclic) bond motifs is 1. The Morgan fingerprint density at radius 1 is 1.05 bits per heavy atom. The topological polar surface area (TPSA) is 28.2 Å². The summed E-state index contributed by atoms with van der Waals surface area (Å²) in [6, 6.07) is 7.71. The van der Waals surface area contributed by atoms with E-state index < -0.39 is 0 Å². The summed E-state index contributed by atoms with van der Waals surface area (Å²) in [4.78, 5) is 6.58. The molecule has 0 saturated carbocycles. The fraction of sp³-hybridized carbons (Fsp3) is 0.400. The standard InChI is InChI=1S/C15H18Cl3N3/c16-4-8-21(9-5-17)10-7-20-14-3-6-19-15-11-12(18)1-2-13(14)15/h1-3,6,11H,4-5,7-10H2,(H,19,20). The molecular formula is C15H18Cl3N3. The van der Waals surface area contributed by atoms with Crippen LogP contribution in [0, 0.1) is 0 Å². The fourth-order valence-corrected chi connectivity index (χ4v) is 2.84. The number of hydrogen-bond donors (Lipinski definition) is 1. The van der Waals surface area contributed by atoms with Crippen molar-refractivity contribution in [2.45, 2.75) is 0 Å². The highest BCUT2D eigenvalue weighted by Gasteiger charge is 2.05. The summed E-state index contributed by atoms with van der Waals surface area (Å²) in [5.41, 5.74) is 1.96. The predicted molar refractivity (Wildman–Crippen MR) is 93.1 cm³/mol. The molecule has 114 valence electrons. The van der Waals surface area contributed by atoms with Gasteiger partial charge in [-0.1, -0.05) is 11.6 Å². The first-order valence-electron chi connectivity index (χ1n) is 6.87. The summed E-state index contributed by atoms with van der Waals surface area (Å²) < 4.78 is 0. The van der Waals surface area contributed by atoms with E-state index >= 15 is 0 Å². The van der Waals surface area contributed by atoms with Crippen molar-refractivity contribution < 1.29 is 0 Å². The van der Waals surface area contributed by atoms with Crippen molar-refractivity contribution in [3.63, 3.8) is 0 Å². The number of nitrogens with zero attached hydrogens (tertiary/aromatic N) is 2. The Morgan fingerprint density at radius 3 is 2.52 bits per heavy atom. The van der Waals surface area contributed by atoms with Crippen LogP contribution in [0.15, 0.2) is 30.5 Å². The van der Waals surface area contributed by atoms with E-state index in [0.29, 0.717) is 16.8 Å². The molecule has 0 unspecified atom stereocenters. The maximum Gasteiger partial charge on any atom is 0.0737 e. The normalized spacial score (nSPS) is 11.2. The van der Waals surface area contributed by atoms with Crippen LogP contribution in [-0.2, 0) is 0 Å². The van der Waals surface area contributed by atoms with Gasteiger partial charge >= 0.3 is 0 Å². The molecule has 6 heteroatoms. The van der Waals surface area contributed by atoms with Gasteiger partial charge in [-0.05, 0) is 24.3 Å². The molecule has 21 heavy (non-hydrogen) atoms. The van der Waals surface area contributed by atoms with Crippen LogP contribution in [0.2, 0.25) is 5.02 Å². The average Bonchev–Trinajstić information content (AvgIpc) is 2.47. The number of nitrogens with one attached hydrogen (secondary N) is 1. The zero-order valence-corrected chi connectivity index (χ0v) is 13.9. The van der Waals surface area contributed by atoms with Crippen LogP contribution in [0.4, 0.5) is 5.69 Å². The molecule has 1 heterocycles. The van der Waals surface area contributed by atoms with Crippen molar-refractivity contribution in [1.82, 2.24) is 9.88 Å². The predicted octanol–water partition coefficient (Wildman–Crippen LogP) is 4.08. The summed E-state index contributed by atoms with van der Waals surface area (Å²) in [7, 11) is 0. The molecule has 0 atom stereocenters. The monoisotopic (exact) mass is 345 g/mol. The summed E-state index contributed by atoms with van der Waals surface area (Å²) in [5.74, 6) is 1.24. The minimum Gasteiger partial charge on any atom is -0.383 e. The Labute approximate surface area is 140 Å². The number of rotatable bonds is 8. The Hall–Kier alpha value is -0.740. The summed E-state index contributed by atoms with van der Waals surface area (Å²) in [5, 5.41) is 5.21. The molecular weight excluding hydrogens is 329 g/mol. The van der Waals surface area contributed by atoms with Gasteiger partial charge in [-0.3, -0.25) is 9.88 Å². The molecule has 0 aliphatic heterocycles. The lowest BCUT2D eigenvalue weighted by Gasteiger charge is -2.20. The minimum absolute atomic E-state index is 0.619. The first-order valence-corrected chi connectivity index (χ1v) is 8.31. The summed E-state index contributed by atoms with van der Waals surface area (Å²) in [6.07, 6.45) is 1.79. The molecule has 0 aliphatic rings. The van der Waals surface area contributed by atoms with Crippen LogP contribution in [0.25, 0.3) is 10.9 Å². The molecule has 0 spiro atoms. The number of hydrogen-bond acceptors (Lipinski definition) is 3. The lowest BCUT2D eigenvalue weighted by Crippen LogP contribution is -2.32. The Bertz CT molecular complexity index is 571. The second-order valence-corrected chi connectivity index (χ2v) is 5.86. The average molecular weight is 347 g/mol. The number of alkyl halides is 2. The Kier molecular flexibility index (Phi) is 6.84. The van der Waals surface area contributed by atoms with E-state index in [1.807, 2.05) is 24.3 Å². The van der Waals surface area contributed by atoms with Gasteiger partial charge in [0.25, 0.3) is 0 Å². The van der Waals surface area contributed by atoms with Crippen LogP contribution < -0.4 is 5.32 Å². The zero-order valence-electron chi connectivity index (χ0n) is 11.7. The molecule has 3 nitrogen and oxygen atoms in total. The van der Waals surface area contributed by atoms with Crippen molar-refractivity contribution >= 4 is 51.4 Å². The van der Waals surface area contributed by atoms with E-state index in [1.54, 1.807) is 6.20 Å². The van der Waals surface area contributed by atoms with Gasteiger partial charge < -0.3 is 5.32 Å². The van der Waals surface area contributed by atoms with Gasteiger partial charge in [-0.25, -0.2) is 0 Å². The molecule has 1 aromatic heterocycles. The van der Waals surface area contributed by atoms with Gasteiger partial charge in [0.2, 0.25) is 0 Å². The lowest BCUT2D eigenvalue weighted by atomic mass is 10.2. The maximum absolute atomic E-state index is 5.99. The quantitative estimate of drug-likeness (QED) is 0.730. The van der Waals surface area contributed by atoms with Crippen molar-refractivity contribution in [1.29, 1.82) is 0 Å². The Morgan fingerprint density at radius 2 is 1.81 bits per heavy atom. The largest absolute Gasteiger partial charge is 0.383 e. The fourth-order valence-electron chi connectivity index (χ4n) is 2.20. The van der Waals surface area contributed by atoms with E-state index in [4.69, 9.17) is 34.8 Å². The molecule has 2 rings (SSSR count). The van der Waals surface area contributed by atoms with Crippen molar-refractivity contribution in [2.75, 3.05) is 43.3 Å². The van der Waals surface area contributed by atoms with Gasteiger partial charge in [0.15, 0.2) is 0 Å². The number of halogens is 3. The summed E-state index contributed by atoms with van der Waals surface area (Å²) in [6.45, 7) is 3.43. The Balaban J connectivity index is 2.00. The van der Waals surface area contributed by atoms with Crippen molar-refractivity contribution in [3.05, 3.63) is 35.5 Å². The highest BCUT2D eigenvalue weighted by atomic mass is 35.5. The van der Waals surface area contributed by atoms with E-state index in [-0.39, 0.29) is 0 Å². The SMILES string of the molecule is ClCCN(CCCl)CCNc1ccnc2cc(Cl)ccc12. The molecule has 1 N–H and O–H groups in total. The van der Waals surface area contributed by atoms with E-state index in [9.17, 15) is 0 Å². The smallest absolute Gasteiger partial charge is 0.0737 e. The van der Waals surface area contributed by atoms with Gasteiger partial charge in [0.05, 0.1) is 5.52 Å². The maximum atomic E-state index is 5.99. The van der Waals surface area contributed by atoms with Crippen LogP contribution in [0.5, 0.6) is 0 Å². The third-order valence-electron chi connectivity index (χ3n) is 3.25. The molecule has 2 aromatic rings. The molecule has 0 radical (unpaired) electrons. The first-order chi connectivity index (χ1) is 10.2. The number of benzene rings is 1. The number of aromatic nitrogens is 1. The van der Waals surface area contributed by atoms with Crippen molar-refractivity contribution in [3.8, 4) is 0 Å². The van der Waals surface area contributed by atoms with E-state index in [1.165, 1.54) is 0 Å². The van der Waals surface area contributed by atoms with Crippen LogP contribution in [-0.4, -0.2) is 47.8 Å². The molecule has 0 bridgehead atoms. The third-order valence-corrected chi connectivity index (χ3v) is 3.82. The molecule has 0 fully saturated rings. The van der Waals surface area contributed by atoms with Gasteiger partial charge in [-0.15, -0.1) is 23.2 Å². The van der Waals surface area contributed by atoms with Gasteiger partial charge in [0.1, 0.15) is 0 Å². The van der Waals surface area contributed by atoms with E-state index in [0.717, 1.165) is 42.8 Å². The molecule has 0 aliphatic carbocycles. The van der Waals surface area contributed by atoms with Crippen LogP contribution in [0.1, 0.15) is 0 Å². The van der Waals surface area contributed by atoms with Crippen LogP contribution in [0.3, 0.4) is 0 Å². The van der Waals surface area contributed by atoms with Crippen molar-refractivity contribution in [2.24, 2.45) is 0 Å². The number of pyridine rings is 1. The van der Waals surface area contributed by atoms with Gasteiger partial charge in [-0.2, -0.15) is 0 Å². The molecule has 1 aromatic carbocycles.